The fourth-order valence-corrected chi connectivity index (χ4v) is 1.07. The highest BCUT2D eigenvalue weighted by Crippen LogP contribution is 1.88. The lowest BCUT2D eigenvalue weighted by molar-refractivity contribution is -0.137. The maximum absolute atomic E-state index is 10.8. The zero-order chi connectivity index (χ0) is 11.2. The van der Waals surface area contributed by atoms with Crippen LogP contribution in [-0.2, 0) is 24.3 Å². The van der Waals surface area contributed by atoms with Crippen LogP contribution in [0.15, 0.2) is 0 Å². The molecular weight excluding hydrogens is 212 g/mol. The topological polar surface area (TPSA) is 116 Å². The largest absolute Gasteiger partial charge is 0.368 e. The number of rotatable bonds is 6. The Balaban J connectivity index is 3.62. The maximum atomic E-state index is 10.8. The number of nitrogens with two attached hydrogens (primary N) is 1. The Hall–Kier alpha value is -1.15. The minimum Gasteiger partial charge on any atom is -0.368 e. The second-order valence-electron chi connectivity index (χ2n) is 2.66. The number of primary amides is 1. The van der Waals surface area contributed by atoms with Crippen LogP contribution in [0.3, 0.4) is 0 Å². The number of hydrogen-bond acceptors (Lipinski definition) is 5. The van der Waals surface area contributed by atoms with Gasteiger partial charge in [0.15, 0.2) is 6.61 Å². The zero-order valence-electron chi connectivity index (χ0n) is 7.65. The van der Waals surface area contributed by atoms with Crippen molar-refractivity contribution in [2.75, 3.05) is 18.6 Å². The highest BCUT2D eigenvalue weighted by atomic mass is 32.2. The van der Waals surface area contributed by atoms with Gasteiger partial charge >= 0.3 is 0 Å². The minimum absolute atomic E-state index is 0.211. The van der Waals surface area contributed by atoms with Crippen LogP contribution in [0.5, 0.6) is 0 Å². The SMILES string of the molecule is CS(=O)(=O)CCC(=O)NOCC(N)=O. The summed E-state index contributed by atoms with van der Waals surface area (Å²) < 4.78 is 21.2. The van der Waals surface area contributed by atoms with Gasteiger partial charge in [0, 0.05) is 12.7 Å². The fourth-order valence-electron chi connectivity index (χ4n) is 0.517. The third-order valence-corrected chi connectivity index (χ3v) is 2.05. The lowest BCUT2D eigenvalue weighted by Gasteiger charge is -2.02. The Bertz CT molecular complexity index is 310. The number of hydrogen-bond donors (Lipinski definition) is 2. The molecule has 0 aromatic rings. The standard InChI is InChI=1S/C6H12N2O5S/c1-14(11,12)3-2-6(10)8-13-4-5(7)9/h2-4H2,1H3,(H2,7,9)(H,8,10). The third-order valence-electron chi connectivity index (χ3n) is 1.10. The third kappa shape index (κ3) is 8.94. The fraction of sp³-hybridized carbons (Fsp3) is 0.667. The maximum Gasteiger partial charge on any atom is 0.246 e. The summed E-state index contributed by atoms with van der Waals surface area (Å²) in [4.78, 5) is 25.3. The summed E-state index contributed by atoms with van der Waals surface area (Å²) in [6.45, 7) is -0.440. The number of amides is 2. The van der Waals surface area contributed by atoms with Gasteiger partial charge in [0.2, 0.25) is 11.8 Å². The van der Waals surface area contributed by atoms with Gasteiger partial charge in [-0.2, -0.15) is 0 Å². The molecule has 0 aliphatic heterocycles. The van der Waals surface area contributed by atoms with Crippen molar-refractivity contribution < 1.29 is 22.8 Å². The minimum atomic E-state index is -3.17. The number of hydroxylamine groups is 1. The van der Waals surface area contributed by atoms with Crippen LogP contribution in [0.25, 0.3) is 0 Å². The first-order valence-electron chi connectivity index (χ1n) is 3.68. The smallest absolute Gasteiger partial charge is 0.246 e. The van der Waals surface area contributed by atoms with E-state index >= 15 is 0 Å². The second kappa shape index (κ2) is 5.55. The van der Waals surface area contributed by atoms with Crippen molar-refractivity contribution in [2.24, 2.45) is 5.73 Å². The van der Waals surface area contributed by atoms with E-state index in [9.17, 15) is 18.0 Å². The summed E-state index contributed by atoms with van der Waals surface area (Å²) >= 11 is 0. The Morgan fingerprint density at radius 3 is 2.43 bits per heavy atom. The van der Waals surface area contributed by atoms with Gasteiger partial charge in [-0.1, -0.05) is 0 Å². The summed E-state index contributed by atoms with van der Waals surface area (Å²) in [7, 11) is -3.17. The molecule has 8 heteroatoms. The van der Waals surface area contributed by atoms with E-state index in [4.69, 9.17) is 5.73 Å². The van der Waals surface area contributed by atoms with Crippen LogP contribution in [0, 0.1) is 0 Å². The summed E-state index contributed by atoms with van der Waals surface area (Å²) in [5.74, 6) is -1.61. The van der Waals surface area contributed by atoms with E-state index in [1.165, 1.54) is 0 Å². The Labute approximate surface area is 81.5 Å². The molecule has 0 rings (SSSR count). The molecule has 0 aliphatic carbocycles. The molecular formula is C6H12N2O5S. The molecule has 0 aromatic heterocycles. The van der Waals surface area contributed by atoms with Crippen molar-refractivity contribution in [3.8, 4) is 0 Å². The normalized spacial score (nSPS) is 10.9. The van der Waals surface area contributed by atoms with Crippen molar-refractivity contribution in [3.05, 3.63) is 0 Å². The van der Waals surface area contributed by atoms with E-state index in [-0.39, 0.29) is 12.2 Å². The molecule has 0 atom stereocenters. The molecule has 82 valence electrons. The molecule has 0 bridgehead atoms. The molecule has 0 saturated heterocycles. The average molecular weight is 224 g/mol. The molecule has 0 aliphatic rings. The van der Waals surface area contributed by atoms with E-state index in [0.29, 0.717) is 0 Å². The quantitative estimate of drug-likeness (QED) is 0.504. The highest BCUT2D eigenvalue weighted by Gasteiger charge is 2.07. The first-order valence-corrected chi connectivity index (χ1v) is 5.74. The summed E-state index contributed by atoms with van der Waals surface area (Å²) in [6, 6.07) is 0. The number of nitrogens with one attached hydrogen (secondary N) is 1. The molecule has 0 saturated carbocycles. The van der Waals surface area contributed by atoms with Crippen molar-refractivity contribution in [3.63, 3.8) is 0 Å². The van der Waals surface area contributed by atoms with Crippen LogP contribution in [0.1, 0.15) is 6.42 Å². The van der Waals surface area contributed by atoms with Crippen LogP contribution in [0.4, 0.5) is 0 Å². The number of sulfone groups is 1. The Kier molecular flexibility index (Phi) is 5.10. The van der Waals surface area contributed by atoms with Crippen LogP contribution < -0.4 is 11.2 Å². The lowest BCUT2D eigenvalue weighted by Crippen LogP contribution is -2.30. The first kappa shape index (κ1) is 12.8. The van der Waals surface area contributed by atoms with Gasteiger partial charge in [-0.3, -0.25) is 14.4 Å². The number of carbonyl (C=O) groups excluding carboxylic acids is 2. The molecule has 0 heterocycles. The molecule has 14 heavy (non-hydrogen) atoms. The molecule has 0 unspecified atom stereocenters. The van der Waals surface area contributed by atoms with Gasteiger partial charge in [-0.15, -0.1) is 0 Å². The summed E-state index contributed by atoms with van der Waals surface area (Å²) in [6.07, 6.45) is 0.808. The molecule has 2 amide bonds. The lowest BCUT2D eigenvalue weighted by atomic mass is 10.5. The number of carbonyl (C=O) groups is 2. The second-order valence-corrected chi connectivity index (χ2v) is 4.92. The van der Waals surface area contributed by atoms with Crippen LogP contribution in [-0.4, -0.2) is 38.8 Å². The van der Waals surface area contributed by atoms with Crippen molar-refractivity contribution in [1.82, 2.24) is 5.48 Å². The van der Waals surface area contributed by atoms with E-state index in [2.05, 4.69) is 4.84 Å². The average Bonchev–Trinajstić information content (AvgIpc) is 1.99. The van der Waals surface area contributed by atoms with E-state index in [1.54, 1.807) is 0 Å². The monoisotopic (exact) mass is 224 g/mol. The molecule has 7 nitrogen and oxygen atoms in total. The van der Waals surface area contributed by atoms with Gasteiger partial charge in [-0.25, -0.2) is 13.9 Å². The predicted octanol–water partition coefficient (Wildman–Crippen LogP) is -2.05. The van der Waals surface area contributed by atoms with Crippen molar-refractivity contribution in [1.29, 1.82) is 0 Å². The molecule has 3 N–H and O–H groups in total. The van der Waals surface area contributed by atoms with Gasteiger partial charge in [0.1, 0.15) is 9.84 Å². The van der Waals surface area contributed by atoms with Gasteiger partial charge in [0.25, 0.3) is 0 Å². The van der Waals surface area contributed by atoms with Gasteiger partial charge in [-0.05, 0) is 0 Å². The summed E-state index contributed by atoms with van der Waals surface area (Å²) in [5.41, 5.74) is 6.59. The highest BCUT2D eigenvalue weighted by molar-refractivity contribution is 7.90. The van der Waals surface area contributed by atoms with E-state index in [1.807, 2.05) is 5.48 Å². The van der Waals surface area contributed by atoms with Crippen molar-refractivity contribution in [2.45, 2.75) is 6.42 Å². The zero-order valence-corrected chi connectivity index (χ0v) is 8.46. The van der Waals surface area contributed by atoms with E-state index < -0.39 is 28.3 Å². The molecule has 0 radical (unpaired) electrons. The van der Waals surface area contributed by atoms with Crippen LogP contribution >= 0.6 is 0 Å². The molecule has 0 spiro atoms. The predicted molar refractivity (Wildman–Crippen MR) is 47.6 cm³/mol. The Morgan fingerprint density at radius 2 is 2.00 bits per heavy atom. The van der Waals surface area contributed by atoms with Gasteiger partial charge in [0.05, 0.1) is 5.75 Å². The van der Waals surface area contributed by atoms with Gasteiger partial charge < -0.3 is 5.73 Å². The first-order chi connectivity index (χ1) is 6.31. The Morgan fingerprint density at radius 1 is 1.43 bits per heavy atom. The molecule has 0 fully saturated rings. The summed E-state index contributed by atoms with van der Waals surface area (Å²) in [5, 5.41) is 0. The van der Waals surface area contributed by atoms with Crippen molar-refractivity contribution >= 4 is 21.7 Å². The van der Waals surface area contributed by atoms with Crippen LogP contribution in [0.2, 0.25) is 0 Å². The molecule has 0 aromatic carbocycles. The van der Waals surface area contributed by atoms with E-state index in [0.717, 1.165) is 6.26 Å².